The van der Waals surface area contributed by atoms with Crippen LogP contribution in [0, 0.1) is 17.2 Å². The van der Waals surface area contributed by atoms with Crippen molar-refractivity contribution < 1.29 is 14.3 Å². The molecule has 1 aromatic rings. The molecule has 0 spiro atoms. The highest BCUT2D eigenvalue weighted by molar-refractivity contribution is 6.01. The average Bonchev–Trinajstić information content (AvgIpc) is 2.59. The number of likely N-dealkylation sites (tertiary alicyclic amines) is 1. The quantitative estimate of drug-likeness (QED) is 0.633. The standard InChI is InChI=1S/C18H22N2O3/c1-13-6-8-20(9-7-13)18(21)15(12-19)10-14-4-5-16(22-2)17(11-14)23-3/h4-5,10-11,13H,6-9H2,1-3H3. The van der Waals surface area contributed by atoms with Crippen molar-refractivity contribution in [2.24, 2.45) is 5.92 Å². The lowest BCUT2D eigenvalue weighted by atomic mass is 9.98. The Bertz CT molecular complexity index is 638. The second-order valence-electron chi connectivity index (χ2n) is 5.76. The molecule has 0 N–H and O–H groups in total. The summed E-state index contributed by atoms with van der Waals surface area (Å²) in [6, 6.07) is 7.33. The van der Waals surface area contributed by atoms with E-state index < -0.39 is 0 Å². The monoisotopic (exact) mass is 314 g/mol. The summed E-state index contributed by atoms with van der Waals surface area (Å²) >= 11 is 0. The summed E-state index contributed by atoms with van der Waals surface area (Å²) in [5.74, 6) is 1.62. The van der Waals surface area contributed by atoms with E-state index in [-0.39, 0.29) is 11.5 Å². The van der Waals surface area contributed by atoms with Crippen molar-refractivity contribution in [3.05, 3.63) is 29.3 Å². The Balaban J connectivity index is 2.21. The van der Waals surface area contributed by atoms with Gasteiger partial charge in [0.25, 0.3) is 5.91 Å². The van der Waals surface area contributed by atoms with E-state index in [0.717, 1.165) is 18.4 Å². The van der Waals surface area contributed by atoms with Gasteiger partial charge in [-0.1, -0.05) is 13.0 Å². The number of ether oxygens (including phenoxy) is 2. The molecule has 0 atom stereocenters. The lowest BCUT2D eigenvalue weighted by molar-refractivity contribution is -0.127. The van der Waals surface area contributed by atoms with Gasteiger partial charge in [0.2, 0.25) is 0 Å². The van der Waals surface area contributed by atoms with Crippen LogP contribution < -0.4 is 9.47 Å². The van der Waals surface area contributed by atoms with E-state index >= 15 is 0 Å². The lowest BCUT2D eigenvalue weighted by Gasteiger charge is -2.30. The Morgan fingerprint density at radius 2 is 1.91 bits per heavy atom. The number of nitriles is 1. The van der Waals surface area contributed by atoms with Gasteiger partial charge in [-0.05, 0) is 42.5 Å². The zero-order chi connectivity index (χ0) is 16.8. The third kappa shape index (κ3) is 4.04. The molecule has 0 bridgehead atoms. The molecule has 1 saturated heterocycles. The van der Waals surface area contributed by atoms with Gasteiger partial charge in [0.1, 0.15) is 11.6 Å². The molecule has 122 valence electrons. The molecular formula is C18H22N2O3. The summed E-state index contributed by atoms with van der Waals surface area (Å²) in [4.78, 5) is 14.3. The van der Waals surface area contributed by atoms with Crippen LogP contribution in [0.3, 0.4) is 0 Å². The predicted molar refractivity (Wildman–Crippen MR) is 88.1 cm³/mol. The number of carbonyl (C=O) groups excluding carboxylic acids is 1. The van der Waals surface area contributed by atoms with E-state index in [4.69, 9.17) is 9.47 Å². The maximum Gasteiger partial charge on any atom is 0.264 e. The topological polar surface area (TPSA) is 62.6 Å². The van der Waals surface area contributed by atoms with Crippen LogP contribution in [-0.2, 0) is 4.79 Å². The first-order valence-corrected chi connectivity index (χ1v) is 7.72. The molecule has 2 rings (SSSR count). The summed E-state index contributed by atoms with van der Waals surface area (Å²) in [5.41, 5.74) is 0.879. The normalized spacial score (nSPS) is 15.9. The molecule has 0 unspecified atom stereocenters. The van der Waals surface area contributed by atoms with Crippen molar-refractivity contribution in [3.8, 4) is 17.6 Å². The number of piperidine rings is 1. The number of carbonyl (C=O) groups is 1. The summed E-state index contributed by atoms with van der Waals surface area (Å²) < 4.78 is 10.4. The van der Waals surface area contributed by atoms with Gasteiger partial charge in [0.05, 0.1) is 14.2 Å². The number of nitrogens with zero attached hydrogens (tertiary/aromatic N) is 2. The van der Waals surface area contributed by atoms with Crippen molar-refractivity contribution >= 4 is 12.0 Å². The minimum Gasteiger partial charge on any atom is -0.493 e. The molecule has 0 radical (unpaired) electrons. The Labute approximate surface area is 137 Å². The number of methoxy groups -OCH3 is 2. The molecular weight excluding hydrogens is 292 g/mol. The van der Waals surface area contributed by atoms with Gasteiger partial charge in [-0.3, -0.25) is 4.79 Å². The van der Waals surface area contributed by atoms with Crippen LogP contribution in [0.2, 0.25) is 0 Å². The van der Waals surface area contributed by atoms with Crippen LogP contribution in [0.1, 0.15) is 25.3 Å². The number of rotatable bonds is 4. The molecule has 1 aliphatic heterocycles. The third-order valence-corrected chi connectivity index (χ3v) is 4.14. The molecule has 1 amide bonds. The first-order valence-electron chi connectivity index (χ1n) is 7.72. The molecule has 1 aromatic carbocycles. The number of benzene rings is 1. The van der Waals surface area contributed by atoms with Gasteiger partial charge in [0, 0.05) is 13.1 Å². The van der Waals surface area contributed by atoms with Gasteiger partial charge < -0.3 is 14.4 Å². The molecule has 0 aliphatic carbocycles. The Kier molecular flexibility index (Phi) is 5.64. The SMILES string of the molecule is COc1ccc(C=C(C#N)C(=O)N2CCC(C)CC2)cc1OC. The fourth-order valence-electron chi connectivity index (χ4n) is 2.63. The van der Waals surface area contributed by atoms with Crippen LogP contribution in [-0.4, -0.2) is 38.1 Å². The van der Waals surface area contributed by atoms with Gasteiger partial charge in [-0.2, -0.15) is 5.26 Å². The summed E-state index contributed by atoms with van der Waals surface area (Å²) in [6.07, 6.45) is 3.57. The van der Waals surface area contributed by atoms with Crippen molar-refractivity contribution in [3.63, 3.8) is 0 Å². The molecule has 0 saturated carbocycles. The van der Waals surface area contributed by atoms with Crippen molar-refractivity contribution in [2.45, 2.75) is 19.8 Å². The van der Waals surface area contributed by atoms with Gasteiger partial charge in [0.15, 0.2) is 11.5 Å². The Morgan fingerprint density at radius 1 is 1.26 bits per heavy atom. The van der Waals surface area contributed by atoms with Gasteiger partial charge in [-0.15, -0.1) is 0 Å². The second kappa shape index (κ2) is 7.68. The summed E-state index contributed by atoms with van der Waals surface area (Å²) in [7, 11) is 3.12. The second-order valence-corrected chi connectivity index (χ2v) is 5.76. The van der Waals surface area contributed by atoms with Crippen LogP contribution in [0.5, 0.6) is 11.5 Å². The maximum absolute atomic E-state index is 12.5. The summed E-state index contributed by atoms with van der Waals surface area (Å²) in [5, 5.41) is 9.35. The molecule has 1 aliphatic rings. The Hall–Kier alpha value is -2.48. The lowest BCUT2D eigenvalue weighted by Crippen LogP contribution is -2.38. The molecule has 23 heavy (non-hydrogen) atoms. The van der Waals surface area contributed by atoms with E-state index in [0.29, 0.717) is 30.5 Å². The fourth-order valence-corrected chi connectivity index (χ4v) is 2.63. The largest absolute Gasteiger partial charge is 0.493 e. The molecule has 0 aromatic heterocycles. The average molecular weight is 314 g/mol. The van der Waals surface area contributed by atoms with Gasteiger partial charge >= 0.3 is 0 Å². The summed E-state index contributed by atoms with van der Waals surface area (Å²) in [6.45, 7) is 3.61. The highest BCUT2D eigenvalue weighted by Gasteiger charge is 2.23. The highest BCUT2D eigenvalue weighted by atomic mass is 16.5. The van der Waals surface area contributed by atoms with E-state index in [1.807, 2.05) is 6.07 Å². The third-order valence-electron chi connectivity index (χ3n) is 4.14. The smallest absolute Gasteiger partial charge is 0.264 e. The molecule has 1 fully saturated rings. The minimum absolute atomic E-state index is 0.145. The highest BCUT2D eigenvalue weighted by Crippen LogP contribution is 2.28. The first-order chi connectivity index (χ1) is 11.1. The van der Waals surface area contributed by atoms with Crippen LogP contribution in [0.4, 0.5) is 0 Å². The van der Waals surface area contributed by atoms with E-state index in [9.17, 15) is 10.1 Å². The van der Waals surface area contributed by atoms with E-state index in [1.165, 1.54) is 0 Å². The number of hydrogen-bond acceptors (Lipinski definition) is 4. The van der Waals surface area contributed by atoms with Crippen molar-refractivity contribution in [1.82, 2.24) is 4.90 Å². The van der Waals surface area contributed by atoms with Gasteiger partial charge in [-0.25, -0.2) is 0 Å². The van der Waals surface area contributed by atoms with E-state index in [2.05, 4.69) is 6.92 Å². The zero-order valence-electron chi connectivity index (χ0n) is 13.8. The number of hydrogen-bond donors (Lipinski definition) is 0. The fraction of sp³-hybridized carbons (Fsp3) is 0.444. The van der Waals surface area contributed by atoms with Crippen LogP contribution in [0.15, 0.2) is 23.8 Å². The van der Waals surface area contributed by atoms with Crippen LogP contribution in [0.25, 0.3) is 6.08 Å². The molecule has 1 heterocycles. The minimum atomic E-state index is -0.200. The first kappa shape index (κ1) is 16.9. The molecule has 5 nitrogen and oxygen atoms in total. The maximum atomic E-state index is 12.5. The Morgan fingerprint density at radius 3 is 2.48 bits per heavy atom. The number of amides is 1. The van der Waals surface area contributed by atoms with E-state index in [1.54, 1.807) is 43.4 Å². The van der Waals surface area contributed by atoms with Crippen LogP contribution >= 0.6 is 0 Å². The zero-order valence-corrected chi connectivity index (χ0v) is 13.8. The van der Waals surface area contributed by atoms with Crippen molar-refractivity contribution in [1.29, 1.82) is 5.26 Å². The predicted octanol–water partition coefficient (Wildman–Crippen LogP) is 2.87. The van der Waals surface area contributed by atoms with Crippen molar-refractivity contribution in [2.75, 3.05) is 27.3 Å². The molecule has 5 heteroatoms.